The Bertz CT molecular complexity index is 2440. The van der Waals surface area contributed by atoms with Crippen molar-refractivity contribution in [2.45, 2.75) is 6.92 Å². The van der Waals surface area contributed by atoms with Crippen LogP contribution in [0, 0.1) is 6.92 Å². The van der Waals surface area contributed by atoms with Gasteiger partial charge >= 0.3 is 0 Å². The van der Waals surface area contributed by atoms with E-state index in [0.717, 1.165) is 22.5 Å². The Morgan fingerprint density at radius 2 is 0.857 bits per heavy atom. The van der Waals surface area contributed by atoms with E-state index in [1.54, 1.807) is 0 Å². The molecule has 232 valence electrons. The van der Waals surface area contributed by atoms with Gasteiger partial charge < -0.3 is 0 Å². The van der Waals surface area contributed by atoms with Crippen LogP contribution in [0.15, 0.2) is 188 Å². The summed E-state index contributed by atoms with van der Waals surface area (Å²) in [6, 6.07) is 69.3. The van der Waals surface area contributed by atoms with Crippen molar-refractivity contribution in [2.75, 3.05) is 0 Å². The number of aryl methyl sites for hydroxylation is 1. The predicted molar refractivity (Wildman–Crippen MR) is 210 cm³/mol. The molecule has 1 aromatic heterocycles. The Kier molecular flexibility index (Phi) is 7.07. The molecule has 8 aromatic carbocycles. The van der Waals surface area contributed by atoms with Crippen molar-refractivity contribution in [1.29, 1.82) is 0 Å². The summed E-state index contributed by atoms with van der Waals surface area (Å²) in [6.45, 7) is 2.08. The zero-order valence-corrected chi connectivity index (χ0v) is 28.3. The molecule has 0 aliphatic rings. The molecule has 0 amide bonds. The smallest absolute Gasteiger partial charge is 0.180 e. The number of hydrogen-bond acceptors (Lipinski definition) is 1. The molecule has 0 unspecified atom stereocenters. The number of rotatable bonds is 6. The second-order valence-electron chi connectivity index (χ2n) is 12.7. The van der Waals surface area contributed by atoms with Crippen LogP contribution < -0.4 is 20.7 Å². The second-order valence-corrected chi connectivity index (χ2v) is 16.5. The minimum absolute atomic E-state index is 0.984. The molecule has 0 radical (unpaired) electrons. The lowest BCUT2D eigenvalue weighted by Gasteiger charge is -2.37. The fourth-order valence-electron chi connectivity index (χ4n) is 8.09. The molecule has 2 nitrogen and oxygen atoms in total. The Balaban J connectivity index is 1.37. The van der Waals surface area contributed by atoms with E-state index < -0.39 is 8.07 Å². The summed E-state index contributed by atoms with van der Waals surface area (Å²) in [5.74, 6) is 0.984. The van der Waals surface area contributed by atoms with Crippen molar-refractivity contribution in [3.05, 3.63) is 194 Å². The lowest BCUT2D eigenvalue weighted by atomic mass is 9.92. The van der Waals surface area contributed by atoms with Gasteiger partial charge in [-0.2, -0.15) is 0 Å². The van der Waals surface area contributed by atoms with Gasteiger partial charge in [-0.15, -0.1) is 0 Å². The van der Waals surface area contributed by atoms with Crippen molar-refractivity contribution >= 4 is 61.4 Å². The molecule has 0 N–H and O–H groups in total. The van der Waals surface area contributed by atoms with Crippen LogP contribution in [0.5, 0.6) is 0 Å². The topological polar surface area (TPSA) is 17.8 Å². The third-order valence-electron chi connectivity index (χ3n) is 10.1. The molecular formula is C46H34N2Si. The summed E-state index contributed by atoms with van der Waals surface area (Å²) in [5.41, 5.74) is 5.72. The van der Waals surface area contributed by atoms with E-state index in [-0.39, 0.29) is 0 Å². The Hall–Kier alpha value is -6.03. The number of nitrogens with zero attached hydrogens (tertiary/aromatic N) is 2. The van der Waals surface area contributed by atoms with Crippen molar-refractivity contribution in [2.24, 2.45) is 0 Å². The second kappa shape index (κ2) is 11.9. The average molecular weight is 643 g/mol. The standard InChI is InChI=1S/C46H34N2Si/c1-33-47-43-27-15-16-28-44(43)48(33)35-31-29-34(30-32-35)45-39-23-11-13-25-41(39)46(42-26-14-12-24-40(42)45)49(36-17-5-2-6-18-36,37-19-7-3-8-20-37)38-21-9-4-10-22-38/h2-32H,1H3. The summed E-state index contributed by atoms with van der Waals surface area (Å²) >= 11 is 0. The lowest BCUT2D eigenvalue weighted by Crippen LogP contribution is -2.75. The Labute approximate surface area is 287 Å². The number of para-hydroxylation sites is 2. The largest absolute Gasteiger partial charge is 0.297 e. The lowest BCUT2D eigenvalue weighted by molar-refractivity contribution is 1.00. The Morgan fingerprint density at radius 3 is 1.37 bits per heavy atom. The molecule has 0 fully saturated rings. The number of hydrogen-bond donors (Lipinski definition) is 0. The van der Waals surface area contributed by atoms with E-state index in [9.17, 15) is 0 Å². The van der Waals surface area contributed by atoms with Crippen LogP contribution in [0.4, 0.5) is 0 Å². The van der Waals surface area contributed by atoms with Crippen LogP contribution in [0.25, 0.3) is 49.4 Å². The van der Waals surface area contributed by atoms with Crippen LogP contribution >= 0.6 is 0 Å². The normalized spacial score (nSPS) is 11.8. The van der Waals surface area contributed by atoms with Crippen molar-refractivity contribution < 1.29 is 0 Å². The Morgan fingerprint density at radius 1 is 0.429 bits per heavy atom. The first-order valence-electron chi connectivity index (χ1n) is 16.9. The fourth-order valence-corrected chi connectivity index (χ4v) is 13.3. The van der Waals surface area contributed by atoms with Gasteiger partial charge in [-0.1, -0.05) is 164 Å². The molecule has 9 aromatic rings. The minimum atomic E-state index is -2.84. The van der Waals surface area contributed by atoms with Crippen LogP contribution in [-0.4, -0.2) is 17.6 Å². The molecule has 0 bridgehead atoms. The molecule has 0 aliphatic heterocycles. The first-order valence-corrected chi connectivity index (χ1v) is 18.9. The average Bonchev–Trinajstić information content (AvgIpc) is 3.52. The fraction of sp³-hybridized carbons (Fsp3) is 0.0217. The molecule has 1 heterocycles. The zero-order chi connectivity index (χ0) is 32.8. The van der Waals surface area contributed by atoms with Gasteiger partial charge in [0.2, 0.25) is 0 Å². The number of benzene rings is 8. The first kappa shape index (κ1) is 29.1. The van der Waals surface area contributed by atoms with Gasteiger partial charge in [0.25, 0.3) is 0 Å². The predicted octanol–water partition coefficient (Wildman–Crippen LogP) is 8.68. The maximum atomic E-state index is 4.83. The highest BCUT2D eigenvalue weighted by Crippen LogP contribution is 2.37. The van der Waals surface area contributed by atoms with Crippen LogP contribution in [-0.2, 0) is 0 Å². The van der Waals surface area contributed by atoms with Crippen LogP contribution in [0.1, 0.15) is 5.82 Å². The minimum Gasteiger partial charge on any atom is -0.297 e. The van der Waals surface area contributed by atoms with Gasteiger partial charge in [0, 0.05) is 5.69 Å². The van der Waals surface area contributed by atoms with Crippen molar-refractivity contribution in [3.63, 3.8) is 0 Å². The summed E-state index contributed by atoms with van der Waals surface area (Å²) in [7, 11) is -2.84. The molecular weight excluding hydrogens is 609 g/mol. The maximum Gasteiger partial charge on any atom is 0.180 e. The molecule has 0 aliphatic carbocycles. The van der Waals surface area contributed by atoms with Crippen LogP contribution in [0.2, 0.25) is 0 Å². The number of imidazole rings is 1. The summed E-state index contributed by atoms with van der Waals surface area (Å²) < 4.78 is 2.25. The molecule has 49 heavy (non-hydrogen) atoms. The van der Waals surface area contributed by atoms with E-state index in [4.69, 9.17) is 4.98 Å². The zero-order valence-electron chi connectivity index (χ0n) is 27.3. The monoisotopic (exact) mass is 642 g/mol. The SMILES string of the molecule is Cc1nc2ccccc2n1-c1ccc(-c2c3ccccc3c([Si](c3ccccc3)(c3ccccc3)c3ccccc3)c3ccccc23)cc1. The number of aromatic nitrogens is 2. The first-order chi connectivity index (χ1) is 24.2. The van der Waals surface area contributed by atoms with Crippen LogP contribution in [0.3, 0.4) is 0 Å². The van der Waals surface area contributed by atoms with Gasteiger partial charge in [0.05, 0.1) is 11.0 Å². The van der Waals surface area contributed by atoms with Gasteiger partial charge in [-0.05, 0) is 84.6 Å². The molecule has 0 atom stereocenters. The maximum absolute atomic E-state index is 4.83. The van der Waals surface area contributed by atoms with Gasteiger partial charge in [-0.3, -0.25) is 4.57 Å². The third-order valence-corrected chi connectivity index (χ3v) is 15.0. The van der Waals surface area contributed by atoms with Gasteiger partial charge in [-0.25, -0.2) is 4.98 Å². The van der Waals surface area contributed by atoms with Crippen molar-refractivity contribution in [1.82, 2.24) is 9.55 Å². The van der Waals surface area contributed by atoms with E-state index in [0.29, 0.717) is 0 Å². The van der Waals surface area contributed by atoms with Crippen molar-refractivity contribution in [3.8, 4) is 16.8 Å². The van der Waals surface area contributed by atoms with E-state index >= 15 is 0 Å². The van der Waals surface area contributed by atoms with Gasteiger partial charge in [0.1, 0.15) is 5.82 Å². The third kappa shape index (κ3) is 4.58. The molecule has 3 heteroatoms. The number of fused-ring (bicyclic) bond motifs is 3. The highest BCUT2D eigenvalue weighted by Gasteiger charge is 2.43. The molecule has 0 saturated carbocycles. The quantitative estimate of drug-likeness (QED) is 0.101. The van der Waals surface area contributed by atoms with E-state index in [1.165, 1.54) is 53.4 Å². The highest BCUT2D eigenvalue weighted by atomic mass is 28.3. The summed E-state index contributed by atoms with van der Waals surface area (Å²) in [5, 5.41) is 10.7. The van der Waals surface area contributed by atoms with E-state index in [1.807, 2.05) is 6.07 Å². The molecule has 0 spiro atoms. The summed E-state index contributed by atoms with van der Waals surface area (Å²) in [4.78, 5) is 4.83. The molecule has 9 rings (SSSR count). The molecule has 0 saturated heterocycles. The van der Waals surface area contributed by atoms with Gasteiger partial charge in [0.15, 0.2) is 8.07 Å². The highest BCUT2D eigenvalue weighted by molar-refractivity contribution is 7.21. The van der Waals surface area contributed by atoms with E-state index in [2.05, 4.69) is 193 Å². The summed E-state index contributed by atoms with van der Waals surface area (Å²) in [6.07, 6.45) is 0.